The minimum absolute atomic E-state index is 0.242. The van der Waals surface area contributed by atoms with Gasteiger partial charge < -0.3 is 0 Å². The van der Waals surface area contributed by atoms with Crippen LogP contribution >= 0.6 is 15.9 Å². The van der Waals surface area contributed by atoms with Crippen LogP contribution in [-0.4, -0.2) is 0 Å². The number of allylic oxidation sites excluding steroid dienone is 2. The second kappa shape index (κ2) is 8.77. The lowest BCUT2D eigenvalue weighted by Gasteiger charge is -2.21. The molecule has 0 saturated heterocycles. The van der Waals surface area contributed by atoms with E-state index in [1.807, 2.05) is 12.1 Å². The van der Waals surface area contributed by atoms with E-state index in [0.29, 0.717) is 0 Å². The van der Waals surface area contributed by atoms with Crippen LogP contribution in [0.3, 0.4) is 0 Å². The topological polar surface area (TPSA) is 0 Å². The summed E-state index contributed by atoms with van der Waals surface area (Å²) in [5, 5.41) is 0. The summed E-state index contributed by atoms with van der Waals surface area (Å²) < 4.78 is 29.7. The van der Waals surface area contributed by atoms with Gasteiger partial charge in [-0.25, -0.2) is 8.78 Å². The molecule has 3 heteroatoms. The zero-order valence-electron chi connectivity index (χ0n) is 14.9. The number of halogens is 3. The van der Waals surface area contributed by atoms with Crippen molar-refractivity contribution in [1.82, 2.24) is 0 Å². The Balaban J connectivity index is 1.77. The maximum atomic E-state index is 14.5. The smallest absolute Gasteiger partial charge is 0.166 e. The van der Waals surface area contributed by atoms with E-state index in [2.05, 4.69) is 28.9 Å². The molecule has 0 aromatic heterocycles. The van der Waals surface area contributed by atoms with Gasteiger partial charge in [0.05, 0.1) is 0 Å². The fourth-order valence-electron chi connectivity index (χ4n) is 3.50. The molecule has 26 heavy (non-hydrogen) atoms. The van der Waals surface area contributed by atoms with Crippen molar-refractivity contribution in [2.75, 3.05) is 0 Å². The Morgan fingerprint density at radius 1 is 0.962 bits per heavy atom. The molecular formula is C23H23BrF2. The number of benzene rings is 2. The SMILES string of the molecule is CCCC1CC=C(c2ccc(/C(F)=C(/F)c3ccc(Br)cc3)cc2)CC1. The third kappa shape index (κ3) is 4.50. The zero-order chi connectivity index (χ0) is 18.5. The van der Waals surface area contributed by atoms with Crippen LogP contribution in [0.4, 0.5) is 8.78 Å². The number of rotatable bonds is 5. The van der Waals surface area contributed by atoms with E-state index in [4.69, 9.17) is 0 Å². The average molecular weight is 417 g/mol. The van der Waals surface area contributed by atoms with Crippen molar-refractivity contribution in [1.29, 1.82) is 0 Å². The van der Waals surface area contributed by atoms with Gasteiger partial charge in [0.25, 0.3) is 0 Å². The summed E-state index contributed by atoms with van der Waals surface area (Å²) in [7, 11) is 0. The molecular weight excluding hydrogens is 394 g/mol. The Morgan fingerprint density at radius 3 is 2.04 bits per heavy atom. The molecule has 0 bridgehead atoms. The van der Waals surface area contributed by atoms with E-state index in [1.165, 1.54) is 24.8 Å². The van der Waals surface area contributed by atoms with E-state index in [0.717, 1.165) is 28.8 Å². The zero-order valence-corrected chi connectivity index (χ0v) is 16.5. The van der Waals surface area contributed by atoms with Gasteiger partial charge >= 0.3 is 0 Å². The van der Waals surface area contributed by atoms with Crippen molar-refractivity contribution in [3.8, 4) is 0 Å². The van der Waals surface area contributed by atoms with Gasteiger partial charge in [-0.05, 0) is 48.4 Å². The largest absolute Gasteiger partial charge is 0.203 e. The van der Waals surface area contributed by atoms with Crippen LogP contribution in [-0.2, 0) is 0 Å². The first-order valence-corrected chi connectivity index (χ1v) is 9.99. The predicted octanol–water partition coefficient (Wildman–Crippen LogP) is 8.20. The molecule has 0 aliphatic heterocycles. The molecule has 0 nitrogen and oxygen atoms in total. The molecule has 2 aromatic carbocycles. The molecule has 0 N–H and O–H groups in total. The molecule has 0 amide bonds. The molecule has 0 heterocycles. The highest BCUT2D eigenvalue weighted by Gasteiger charge is 2.16. The molecule has 136 valence electrons. The van der Waals surface area contributed by atoms with Crippen LogP contribution in [0, 0.1) is 5.92 Å². The average Bonchev–Trinajstić information content (AvgIpc) is 2.68. The first-order chi connectivity index (χ1) is 12.6. The summed E-state index contributed by atoms with van der Waals surface area (Å²) in [4.78, 5) is 0. The van der Waals surface area contributed by atoms with Gasteiger partial charge in [0.15, 0.2) is 11.7 Å². The van der Waals surface area contributed by atoms with Gasteiger partial charge in [0, 0.05) is 15.6 Å². The lowest BCUT2D eigenvalue weighted by molar-refractivity contribution is 0.445. The molecule has 0 radical (unpaired) electrons. The summed E-state index contributed by atoms with van der Waals surface area (Å²) in [6.07, 6.45) is 8.24. The summed E-state index contributed by atoms with van der Waals surface area (Å²) in [6, 6.07) is 13.7. The van der Waals surface area contributed by atoms with Crippen LogP contribution < -0.4 is 0 Å². The molecule has 0 spiro atoms. The summed E-state index contributed by atoms with van der Waals surface area (Å²) in [6.45, 7) is 2.23. The number of hydrogen-bond acceptors (Lipinski definition) is 0. The van der Waals surface area contributed by atoms with Crippen molar-refractivity contribution in [2.45, 2.75) is 39.0 Å². The molecule has 1 aliphatic carbocycles. The Bertz CT molecular complexity index is 801. The highest BCUT2D eigenvalue weighted by atomic mass is 79.9. The fourth-order valence-corrected chi connectivity index (χ4v) is 3.77. The van der Waals surface area contributed by atoms with Crippen LogP contribution in [0.15, 0.2) is 59.1 Å². The standard InChI is InChI=1S/C23H23BrF2/c1-2-3-16-4-6-17(7-5-16)18-8-10-19(11-9-18)22(25)23(26)20-12-14-21(24)15-13-20/h6,8-16H,2-5,7H2,1H3/b23-22-. The lowest BCUT2D eigenvalue weighted by Crippen LogP contribution is -2.05. The summed E-state index contributed by atoms with van der Waals surface area (Å²) in [5.74, 6) is -0.854. The first kappa shape index (κ1) is 19.0. The molecule has 1 aliphatic rings. The van der Waals surface area contributed by atoms with E-state index < -0.39 is 11.7 Å². The van der Waals surface area contributed by atoms with Gasteiger partial charge in [0.1, 0.15) is 0 Å². The molecule has 0 saturated carbocycles. The summed E-state index contributed by atoms with van der Waals surface area (Å²) >= 11 is 3.30. The minimum Gasteiger partial charge on any atom is -0.203 e. The van der Waals surface area contributed by atoms with E-state index in [9.17, 15) is 8.78 Å². The highest BCUT2D eigenvalue weighted by Crippen LogP contribution is 2.34. The second-order valence-electron chi connectivity index (χ2n) is 6.87. The Hall–Kier alpha value is -1.74. The first-order valence-electron chi connectivity index (χ1n) is 9.19. The third-order valence-electron chi connectivity index (χ3n) is 5.02. The maximum absolute atomic E-state index is 14.5. The van der Waals surface area contributed by atoms with Crippen LogP contribution in [0.5, 0.6) is 0 Å². The molecule has 3 rings (SSSR count). The van der Waals surface area contributed by atoms with Crippen LogP contribution in [0.1, 0.15) is 55.7 Å². The van der Waals surface area contributed by atoms with Gasteiger partial charge in [-0.3, -0.25) is 0 Å². The van der Waals surface area contributed by atoms with E-state index in [-0.39, 0.29) is 11.1 Å². The van der Waals surface area contributed by atoms with Gasteiger partial charge in [0.2, 0.25) is 0 Å². The molecule has 0 fully saturated rings. The molecule has 1 atom stereocenters. The Morgan fingerprint density at radius 2 is 1.54 bits per heavy atom. The van der Waals surface area contributed by atoms with Crippen LogP contribution in [0.2, 0.25) is 0 Å². The van der Waals surface area contributed by atoms with Crippen LogP contribution in [0.25, 0.3) is 17.2 Å². The quantitative estimate of drug-likeness (QED) is 0.430. The Kier molecular flexibility index (Phi) is 6.42. The van der Waals surface area contributed by atoms with E-state index in [1.54, 1.807) is 36.4 Å². The highest BCUT2D eigenvalue weighted by molar-refractivity contribution is 9.10. The van der Waals surface area contributed by atoms with Crippen molar-refractivity contribution < 1.29 is 8.78 Å². The third-order valence-corrected chi connectivity index (χ3v) is 5.54. The Labute approximate surface area is 162 Å². The van der Waals surface area contributed by atoms with Gasteiger partial charge in [-0.2, -0.15) is 0 Å². The van der Waals surface area contributed by atoms with Crippen molar-refractivity contribution in [2.24, 2.45) is 5.92 Å². The van der Waals surface area contributed by atoms with E-state index >= 15 is 0 Å². The second-order valence-corrected chi connectivity index (χ2v) is 7.79. The predicted molar refractivity (Wildman–Crippen MR) is 110 cm³/mol. The number of hydrogen-bond donors (Lipinski definition) is 0. The van der Waals surface area contributed by atoms with Gasteiger partial charge in [-0.15, -0.1) is 0 Å². The lowest BCUT2D eigenvalue weighted by atomic mass is 9.84. The molecule has 2 aromatic rings. The maximum Gasteiger partial charge on any atom is 0.166 e. The fraction of sp³-hybridized carbons (Fsp3) is 0.304. The van der Waals surface area contributed by atoms with Crippen molar-refractivity contribution in [3.63, 3.8) is 0 Å². The van der Waals surface area contributed by atoms with Crippen molar-refractivity contribution in [3.05, 3.63) is 75.8 Å². The minimum atomic E-state index is -0.829. The normalized spacial score (nSPS) is 18.3. The monoisotopic (exact) mass is 416 g/mol. The summed E-state index contributed by atoms with van der Waals surface area (Å²) in [5.41, 5.74) is 2.95. The van der Waals surface area contributed by atoms with Gasteiger partial charge in [-0.1, -0.05) is 78.2 Å². The van der Waals surface area contributed by atoms with Crippen molar-refractivity contribution >= 4 is 33.2 Å². The molecule has 1 unspecified atom stereocenters.